The summed E-state index contributed by atoms with van der Waals surface area (Å²) in [5.41, 5.74) is 4.46. The number of benzene rings is 3. The molecule has 0 aliphatic carbocycles. The van der Waals surface area contributed by atoms with Gasteiger partial charge in [0.2, 0.25) is 0 Å². The summed E-state index contributed by atoms with van der Waals surface area (Å²) >= 11 is 0. The zero-order valence-electron chi connectivity index (χ0n) is 16.2. The quantitative estimate of drug-likeness (QED) is 0.507. The highest BCUT2D eigenvalue weighted by Crippen LogP contribution is 2.27. The van der Waals surface area contributed by atoms with Crippen LogP contribution in [-0.2, 0) is 18.0 Å². The lowest BCUT2D eigenvalue weighted by Crippen LogP contribution is -2.14. The third-order valence-corrected chi connectivity index (χ3v) is 4.69. The Labute approximate surface area is 169 Å². The summed E-state index contributed by atoms with van der Waals surface area (Å²) in [7, 11) is 1.64. The van der Waals surface area contributed by atoms with Crippen LogP contribution in [0.2, 0.25) is 0 Å². The van der Waals surface area contributed by atoms with Crippen LogP contribution in [0.3, 0.4) is 0 Å². The number of nitrogens with one attached hydrogen (secondary N) is 1. The highest BCUT2D eigenvalue weighted by Gasteiger charge is 2.11. The third-order valence-electron chi connectivity index (χ3n) is 4.69. The lowest BCUT2D eigenvalue weighted by molar-refractivity contribution is 0.104. The van der Waals surface area contributed by atoms with Crippen LogP contribution in [0.25, 0.3) is 16.8 Å². The van der Waals surface area contributed by atoms with Crippen molar-refractivity contribution in [2.75, 3.05) is 7.11 Å². The fraction of sp³-hybridized carbons (Fsp3) is 0.125. The van der Waals surface area contributed by atoms with E-state index in [-0.39, 0.29) is 5.56 Å². The zero-order valence-corrected chi connectivity index (χ0v) is 16.2. The van der Waals surface area contributed by atoms with Crippen molar-refractivity contribution in [2.45, 2.75) is 13.2 Å². The van der Waals surface area contributed by atoms with Gasteiger partial charge in [0.25, 0.3) is 5.56 Å². The average Bonchev–Trinajstić information content (AvgIpc) is 3.15. The zero-order chi connectivity index (χ0) is 20.1. The van der Waals surface area contributed by atoms with Gasteiger partial charge in [-0.15, -0.1) is 0 Å². The van der Waals surface area contributed by atoms with E-state index in [2.05, 4.69) is 5.10 Å². The van der Waals surface area contributed by atoms with Gasteiger partial charge in [0.05, 0.1) is 31.7 Å². The second kappa shape index (κ2) is 8.63. The maximum absolute atomic E-state index is 12.6. The number of aromatic nitrogens is 2. The molecule has 0 amide bonds. The molecule has 0 saturated heterocycles. The molecule has 0 bridgehead atoms. The molecule has 0 unspecified atom stereocenters. The van der Waals surface area contributed by atoms with Gasteiger partial charge >= 0.3 is 0 Å². The Morgan fingerprint density at radius 2 is 1.59 bits per heavy atom. The van der Waals surface area contributed by atoms with Gasteiger partial charge in [0, 0.05) is 11.6 Å². The predicted molar refractivity (Wildman–Crippen MR) is 113 cm³/mol. The molecule has 4 rings (SSSR count). The van der Waals surface area contributed by atoms with Gasteiger partial charge in [-0.05, 0) is 29.3 Å². The molecule has 0 aliphatic heterocycles. The Balaban J connectivity index is 1.56. The molecule has 1 aromatic heterocycles. The molecule has 0 spiro atoms. The van der Waals surface area contributed by atoms with E-state index in [4.69, 9.17) is 9.47 Å². The van der Waals surface area contributed by atoms with Gasteiger partial charge in [-0.3, -0.25) is 9.89 Å². The lowest BCUT2D eigenvalue weighted by atomic mass is 10.0. The van der Waals surface area contributed by atoms with Crippen molar-refractivity contribution in [3.8, 4) is 22.6 Å². The molecule has 4 aromatic rings. The maximum atomic E-state index is 12.6. The van der Waals surface area contributed by atoms with Crippen molar-refractivity contribution in [3.63, 3.8) is 0 Å². The van der Waals surface area contributed by atoms with Crippen LogP contribution in [0.1, 0.15) is 11.3 Å². The third kappa shape index (κ3) is 4.31. The Bertz CT molecular complexity index is 1130. The molecule has 1 N–H and O–H groups in total. The number of hydrogen-bond donors (Lipinski definition) is 1. The van der Waals surface area contributed by atoms with Crippen molar-refractivity contribution in [1.82, 2.24) is 9.78 Å². The first kappa shape index (κ1) is 18.8. The Morgan fingerprint density at radius 1 is 0.862 bits per heavy atom. The van der Waals surface area contributed by atoms with Crippen molar-refractivity contribution >= 4 is 0 Å². The number of methoxy groups -OCH3 is 1. The minimum atomic E-state index is -0.121. The van der Waals surface area contributed by atoms with E-state index in [0.29, 0.717) is 13.2 Å². The van der Waals surface area contributed by atoms with Gasteiger partial charge in [0.1, 0.15) is 5.75 Å². The number of rotatable bonds is 7. The number of para-hydroxylation sites is 1. The average molecular weight is 386 g/mol. The minimum Gasteiger partial charge on any atom is -0.497 e. The van der Waals surface area contributed by atoms with Crippen molar-refractivity contribution < 1.29 is 9.47 Å². The molecule has 5 heteroatoms. The topological polar surface area (TPSA) is 56.2 Å². The van der Waals surface area contributed by atoms with Gasteiger partial charge in [-0.25, -0.2) is 4.68 Å². The predicted octanol–water partition coefficient (Wildman–Crippen LogP) is 4.56. The second-order valence-electron chi connectivity index (χ2n) is 6.68. The molecular weight excluding hydrogens is 364 g/mol. The van der Waals surface area contributed by atoms with Crippen molar-refractivity contribution in [1.29, 1.82) is 0 Å². The molecule has 0 atom stereocenters. The SMILES string of the molecule is COc1ccc(-c2ccccc2-n2[nH]c(COCc3ccccc3)cc2=O)cc1. The minimum absolute atomic E-state index is 0.121. The number of ether oxygens (including phenoxy) is 2. The molecule has 0 aliphatic rings. The highest BCUT2D eigenvalue weighted by molar-refractivity contribution is 5.73. The fourth-order valence-electron chi connectivity index (χ4n) is 3.23. The van der Waals surface area contributed by atoms with Crippen LogP contribution >= 0.6 is 0 Å². The van der Waals surface area contributed by atoms with E-state index in [1.165, 1.54) is 0 Å². The van der Waals surface area contributed by atoms with E-state index in [0.717, 1.165) is 33.8 Å². The van der Waals surface area contributed by atoms with Crippen LogP contribution in [0.15, 0.2) is 89.7 Å². The first-order valence-corrected chi connectivity index (χ1v) is 9.41. The van der Waals surface area contributed by atoms with Gasteiger partial charge in [-0.1, -0.05) is 60.7 Å². The Morgan fingerprint density at radius 3 is 2.34 bits per heavy atom. The molecule has 3 aromatic carbocycles. The second-order valence-corrected chi connectivity index (χ2v) is 6.68. The summed E-state index contributed by atoms with van der Waals surface area (Å²) < 4.78 is 12.5. The largest absolute Gasteiger partial charge is 0.497 e. The van der Waals surface area contributed by atoms with Crippen LogP contribution in [-0.4, -0.2) is 16.9 Å². The molecule has 146 valence electrons. The Kier molecular flexibility index (Phi) is 5.59. The Hall–Kier alpha value is -3.57. The number of hydrogen-bond acceptors (Lipinski definition) is 3. The van der Waals surface area contributed by atoms with Crippen LogP contribution < -0.4 is 10.3 Å². The maximum Gasteiger partial charge on any atom is 0.271 e. The molecule has 29 heavy (non-hydrogen) atoms. The van der Waals surface area contributed by atoms with E-state index in [1.807, 2.05) is 78.9 Å². The van der Waals surface area contributed by atoms with Gasteiger partial charge < -0.3 is 9.47 Å². The van der Waals surface area contributed by atoms with E-state index < -0.39 is 0 Å². The highest BCUT2D eigenvalue weighted by atomic mass is 16.5. The molecule has 0 saturated carbocycles. The standard InChI is InChI=1S/C24H22N2O3/c1-28-21-13-11-19(12-14-21)22-9-5-6-10-23(22)26-24(27)15-20(25-26)17-29-16-18-7-3-2-4-8-18/h2-15,25H,16-17H2,1H3. The molecule has 1 heterocycles. The summed E-state index contributed by atoms with van der Waals surface area (Å²) in [4.78, 5) is 12.6. The number of nitrogens with zero attached hydrogens (tertiary/aromatic N) is 1. The summed E-state index contributed by atoms with van der Waals surface area (Å²) in [6, 6.07) is 27.1. The summed E-state index contributed by atoms with van der Waals surface area (Å²) in [5.74, 6) is 0.793. The normalized spacial score (nSPS) is 10.8. The monoisotopic (exact) mass is 386 g/mol. The van der Waals surface area contributed by atoms with Crippen LogP contribution in [0.5, 0.6) is 5.75 Å². The molecule has 5 nitrogen and oxygen atoms in total. The summed E-state index contributed by atoms with van der Waals surface area (Å²) in [6.45, 7) is 0.832. The molecule has 0 fully saturated rings. The van der Waals surface area contributed by atoms with Crippen molar-refractivity contribution in [3.05, 3.63) is 107 Å². The first-order chi connectivity index (χ1) is 14.2. The number of aromatic amines is 1. The van der Waals surface area contributed by atoms with E-state index in [1.54, 1.807) is 17.9 Å². The van der Waals surface area contributed by atoms with E-state index in [9.17, 15) is 4.79 Å². The van der Waals surface area contributed by atoms with Crippen LogP contribution in [0.4, 0.5) is 0 Å². The van der Waals surface area contributed by atoms with Gasteiger partial charge in [0.15, 0.2) is 0 Å². The first-order valence-electron chi connectivity index (χ1n) is 9.41. The smallest absolute Gasteiger partial charge is 0.271 e. The van der Waals surface area contributed by atoms with Gasteiger partial charge in [-0.2, -0.15) is 0 Å². The fourth-order valence-corrected chi connectivity index (χ4v) is 3.23. The molecule has 0 radical (unpaired) electrons. The lowest BCUT2D eigenvalue weighted by Gasteiger charge is -2.11. The summed E-state index contributed by atoms with van der Waals surface area (Å²) in [5, 5.41) is 3.17. The van der Waals surface area contributed by atoms with Crippen LogP contribution in [0, 0.1) is 0 Å². The molecular formula is C24H22N2O3. The van der Waals surface area contributed by atoms with Crippen molar-refractivity contribution in [2.24, 2.45) is 0 Å². The van der Waals surface area contributed by atoms with E-state index >= 15 is 0 Å². The number of H-pyrrole nitrogens is 1. The summed E-state index contributed by atoms with van der Waals surface area (Å²) in [6.07, 6.45) is 0.